The first-order valence-electron chi connectivity index (χ1n) is 19.1. The van der Waals surface area contributed by atoms with Gasteiger partial charge < -0.3 is 4.90 Å². The molecule has 1 nitrogen and oxygen atoms in total. The average Bonchev–Trinajstić information content (AvgIpc) is 3.66. The van der Waals surface area contributed by atoms with Crippen molar-refractivity contribution in [2.45, 2.75) is 0 Å². The van der Waals surface area contributed by atoms with Crippen LogP contribution in [0.1, 0.15) is 0 Å². The third kappa shape index (κ3) is 6.17. The number of hydrogen-bond donors (Lipinski definition) is 0. The van der Waals surface area contributed by atoms with Crippen LogP contribution in [0.2, 0.25) is 0 Å². The third-order valence-corrected chi connectivity index (χ3v) is 11.9. The van der Waals surface area contributed by atoms with Gasteiger partial charge in [-0.1, -0.05) is 188 Å². The largest absolute Gasteiger partial charge is 0.309 e. The van der Waals surface area contributed by atoms with Crippen LogP contribution in [0.4, 0.5) is 17.1 Å². The Morgan fingerprint density at radius 1 is 0.268 bits per heavy atom. The Labute approximate surface area is 332 Å². The van der Waals surface area contributed by atoms with Crippen LogP contribution in [0.3, 0.4) is 0 Å². The molecule has 0 N–H and O–H groups in total. The molecule has 56 heavy (non-hydrogen) atoms. The molecule has 0 radical (unpaired) electrons. The summed E-state index contributed by atoms with van der Waals surface area (Å²) in [5.74, 6) is 0. The van der Waals surface area contributed by atoms with Crippen molar-refractivity contribution in [2.24, 2.45) is 0 Å². The summed E-state index contributed by atoms with van der Waals surface area (Å²) < 4.78 is 2.59. The zero-order valence-corrected chi connectivity index (χ0v) is 31.5. The highest BCUT2D eigenvalue weighted by Crippen LogP contribution is 2.48. The number of fused-ring (bicyclic) bond motifs is 3. The van der Waals surface area contributed by atoms with Gasteiger partial charge in [0.15, 0.2) is 0 Å². The first kappa shape index (κ1) is 33.6. The molecule has 0 amide bonds. The van der Waals surface area contributed by atoms with Crippen LogP contribution < -0.4 is 4.90 Å². The predicted octanol–water partition coefficient (Wildman–Crippen LogP) is 15.9. The van der Waals surface area contributed by atoms with Crippen LogP contribution in [0, 0.1) is 0 Å². The molecular formula is C54H37NS. The van der Waals surface area contributed by atoms with Gasteiger partial charge in [-0.05, 0) is 80.9 Å². The molecule has 0 spiro atoms. The van der Waals surface area contributed by atoms with Crippen LogP contribution in [-0.4, -0.2) is 0 Å². The fourth-order valence-corrected chi connectivity index (χ4v) is 9.17. The number of anilines is 3. The number of hydrogen-bond acceptors (Lipinski definition) is 2. The van der Waals surface area contributed by atoms with Crippen LogP contribution >= 0.6 is 11.3 Å². The Kier molecular flexibility index (Phi) is 8.79. The maximum absolute atomic E-state index is 2.47. The van der Waals surface area contributed by atoms with Crippen molar-refractivity contribution in [3.8, 4) is 55.6 Å². The third-order valence-electron chi connectivity index (χ3n) is 10.7. The minimum atomic E-state index is 1.11. The van der Waals surface area contributed by atoms with Gasteiger partial charge in [0.2, 0.25) is 0 Å². The van der Waals surface area contributed by atoms with Gasteiger partial charge in [-0.15, -0.1) is 11.3 Å². The van der Waals surface area contributed by atoms with Gasteiger partial charge in [0.1, 0.15) is 0 Å². The molecule has 0 saturated carbocycles. The summed E-state index contributed by atoms with van der Waals surface area (Å²) >= 11 is 1.85. The summed E-state index contributed by atoms with van der Waals surface area (Å²) in [5.41, 5.74) is 15.3. The Balaban J connectivity index is 1.19. The minimum absolute atomic E-state index is 1.11. The first-order chi connectivity index (χ1) is 27.8. The van der Waals surface area contributed by atoms with Crippen molar-refractivity contribution >= 4 is 48.6 Å². The molecule has 0 aliphatic heterocycles. The molecule has 0 aliphatic rings. The number of thiophene rings is 1. The van der Waals surface area contributed by atoms with Gasteiger partial charge >= 0.3 is 0 Å². The van der Waals surface area contributed by atoms with E-state index in [0.717, 1.165) is 22.6 Å². The summed E-state index contributed by atoms with van der Waals surface area (Å²) in [4.78, 5) is 2.47. The highest BCUT2D eigenvalue weighted by molar-refractivity contribution is 7.25. The van der Waals surface area contributed by atoms with Crippen molar-refractivity contribution < 1.29 is 0 Å². The van der Waals surface area contributed by atoms with E-state index in [2.05, 4.69) is 229 Å². The van der Waals surface area contributed by atoms with E-state index in [0.29, 0.717) is 0 Å². The molecule has 264 valence electrons. The van der Waals surface area contributed by atoms with E-state index in [-0.39, 0.29) is 0 Å². The standard InChI is InChI=1S/C54H37NS/c1-3-17-38(18-4-1)39-31-33-41(34-32-39)44-22-11-14-28-51(44)55(42-35-36-54-50(37-42)49-27-13-16-30-53(49)56-54)52-29-15-12-26-48(52)47-25-10-9-24-46(47)45-23-8-7-21-43(45)40-19-5-2-6-20-40/h1-37H. The highest BCUT2D eigenvalue weighted by Gasteiger charge is 2.23. The molecule has 0 fully saturated rings. The Bertz CT molecular complexity index is 2960. The van der Waals surface area contributed by atoms with Crippen molar-refractivity contribution in [3.05, 3.63) is 224 Å². The van der Waals surface area contributed by atoms with Gasteiger partial charge in [0.25, 0.3) is 0 Å². The molecule has 2 heteroatoms. The van der Waals surface area contributed by atoms with Gasteiger partial charge in [-0.25, -0.2) is 0 Å². The highest BCUT2D eigenvalue weighted by atomic mass is 32.1. The van der Waals surface area contributed by atoms with Gasteiger partial charge in [-0.2, -0.15) is 0 Å². The average molecular weight is 732 g/mol. The first-order valence-corrected chi connectivity index (χ1v) is 19.9. The molecule has 0 atom stereocenters. The lowest BCUT2D eigenvalue weighted by atomic mass is 9.88. The Hall–Kier alpha value is -7.00. The maximum Gasteiger partial charge on any atom is 0.0540 e. The molecule has 9 aromatic carbocycles. The van der Waals surface area contributed by atoms with E-state index < -0.39 is 0 Å². The van der Waals surface area contributed by atoms with E-state index in [9.17, 15) is 0 Å². The zero-order chi connectivity index (χ0) is 37.3. The molecule has 0 unspecified atom stereocenters. The SMILES string of the molecule is c1ccc(-c2ccc(-c3ccccc3N(c3ccc4sc5ccccc5c4c3)c3ccccc3-c3ccccc3-c3ccccc3-c3ccccc3)cc2)cc1. The smallest absolute Gasteiger partial charge is 0.0540 e. The molecule has 10 rings (SSSR count). The summed E-state index contributed by atoms with van der Waals surface area (Å²) in [5, 5.41) is 2.56. The molecular weight excluding hydrogens is 695 g/mol. The number of benzene rings is 9. The number of nitrogens with zero attached hydrogens (tertiary/aromatic N) is 1. The molecule has 10 aromatic rings. The molecule has 0 aliphatic carbocycles. The fraction of sp³-hybridized carbons (Fsp3) is 0. The van der Waals surface area contributed by atoms with Crippen LogP contribution in [0.25, 0.3) is 75.8 Å². The lowest BCUT2D eigenvalue weighted by molar-refractivity contribution is 1.29. The topological polar surface area (TPSA) is 3.24 Å². The van der Waals surface area contributed by atoms with E-state index >= 15 is 0 Å². The monoisotopic (exact) mass is 731 g/mol. The second-order valence-electron chi connectivity index (χ2n) is 14.0. The normalized spacial score (nSPS) is 11.2. The summed E-state index contributed by atoms with van der Waals surface area (Å²) in [7, 11) is 0. The second kappa shape index (κ2) is 14.7. The van der Waals surface area contributed by atoms with E-state index in [4.69, 9.17) is 0 Å². The number of para-hydroxylation sites is 2. The second-order valence-corrected chi connectivity index (χ2v) is 15.1. The van der Waals surface area contributed by atoms with Crippen molar-refractivity contribution in [3.63, 3.8) is 0 Å². The van der Waals surface area contributed by atoms with Crippen molar-refractivity contribution in [2.75, 3.05) is 4.90 Å². The Morgan fingerprint density at radius 3 is 1.39 bits per heavy atom. The van der Waals surface area contributed by atoms with Gasteiger partial charge in [-0.3, -0.25) is 0 Å². The lowest BCUT2D eigenvalue weighted by Gasteiger charge is -2.30. The van der Waals surface area contributed by atoms with Crippen molar-refractivity contribution in [1.29, 1.82) is 0 Å². The quantitative estimate of drug-likeness (QED) is 0.150. The fourth-order valence-electron chi connectivity index (χ4n) is 8.08. The lowest BCUT2D eigenvalue weighted by Crippen LogP contribution is -2.12. The zero-order valence-electron chi connectivity index (χ0n) is 30.7. The van der Waals surface area contributed by atoms with Crippen molar-refractivity contribution in [1.82, 2.24) is 0 Å². The molecule has 1 heterocycles. The van der Waals surface area contributed by atoms with E-state index in [1.807, 2.05) is 11.3 Å². The predicted molar refractivity (Wildman–Crippen MR) is 241 cm³/mol. The summed E-state index contributed by atoms with van der Waals surface area (Å²) in [6, 6.07) is 81.4. The molecule has 0 saturated heterocycles. The Morgan fingerprint density at radius 2 is 0.696 bits per heavy atom. The minimum Gasteiger partial charge on any atom is -0.309 e. The maximum atomic E-state index is 2.47. The van der Waals surface area contributed by atoms with Crippen LogP contribution in [-0.2, 0) is 0 Å². The van der Waals surface area contributed by atoms with Crippen LogP contribution in [0.5, 0.6) is 0 Å². The molecule has 0 bridgehead atoms. The summed E-state index contributed by atoms with van der Waals surface area (Å²) in [6.07, 6.45) is 0. The van der Waals surface area contributed by atoms with Crippen LogP contribution in [0.15, 0.2) is 224 Å². The van der Waals surface area contributed by atoms with E-state index in [1.54, 1.807) is 0 Å². The van der Waals surface area contributed by atoms with E-state index in [1.165, 1.54) is 70.2 Å². The summed E-state index contributed by atoms with van der Waals surface area (Å²) in [6.45, 7) is 0. The number of rotatable bonds is 8. The van der Waals surface area contributed by atoms with Gasteiger partial charge in [0, 0.05) is 37.0 Å². The molecule has 1 aromatic heterocycles. The van der Waals surface area contributed by atoms with Gasteiger partial charge in [0.05, 0.1) is 11.4 Å².